The average molecular weight is 521 g/mol. The normalized spacial score (nSPS) is 18.9. The van der Waals surface area contributed by atoms with Crippen molar-refractivity contribution in [2.45, 2.75) is 64.3 Å². The van der Waals surface area contributed by atoms with E-state index in [2.05, 4.69) is 38.5 Å². The number of fused-ring (bicyclic) bond motifs is 1. The summed E-state index contributed by atoms with van der Waals surface area (Å²) in [6, 6.07) is 8.44. The zero-order valence-corrected chi connectivity index (χ0v) is 22.2. The van der Waals surface area contributed by atoms with Crippen molar-refractivity contribution >= 4 is 28.6 Å². The first kappa shape index (κ1) is 26.4. The van der Waals surface area contributed by atoms with Crippen LogP contribution < -0.4 is 9.64 Å². The van der Waals surface area contributed by atoms with Gasteiger partial charge in [-0.25, -0.2) is 0 Å². The molecule has 0 atom stereocenters. The number of imide groups is 1. The largest absolute Gasteiger partial charge is 0.573 e. The van der Waals surface area contributed by atoms with Gasteiger partial charge in [0, 0.05) is 30.9 Å². The van der Waals surface area contributed by atoms with Crippen LogP contribution in [0.25, 0.3) is 11.1 Å². The van der Waals surface area contributed by atoms with Crippen LogP contribution in [-0.2, 0) is 22.2 Å². The summed E-state index contributed by atoms with van der Waals surface area (Å²) < 4.78 is 45.0. The molecular formula is C27H31F3N2O3S. The second-order valence-corrected chi connectivity index (χ2v) is 11.9. The third kappa shape index (κ3) is 4.94. The molecular weight excluding hydrogens is 489 g/mol. The zero-order valence-electron chi connectivity index (χ0n) is 21.4. The van der Waals surface area contributed by atoms with Crippen molar-refractivity contribution in [3.8, 4) is 16.9 Å². The van der Waals surface area contributed by atoms with Crippen LogP contribution in [0.15, 0.2) is 30.3 Å². The Hall–Kier alpha value is -2.68. The highest BCUT2D eigenvalue weighted by Gasteiger charge is 2.39. The Balaban J connectivity index is 2.01. The van der Waals surface area contributed by atoms with E-state index in [9.17, 15) is 22.8 Å². The lowest BCUT2D eigenvalue weighted by Crippen LogP contribution is -2.34. The minimum atomic E-state index is -4.91. The quantitative estimate of drug-likeness (QED) is 0.431. The highest BCUT2D eigenvalue weighted by atomic mass is 32.2. The fourth-order valence-corrected chi connectivity index (χ4v) is 5.83. The second kappa shape index (κ2) is 9.01. The highest BCUT2D eigenvalue weighted by Crippen LogP contribution is 2.51. The van der Waals surface area contributed by atoms with E-state index in [0.717, 1.165) is 40.8 Å². The Morgan fingerprint density at radius 3 is 2.17 bits per heavy atom. The number of amides is 2. The van der Waals surface area contributed by atoms with Gasteiger partial charge in [0.05, 0.1) is 12.3 Å². The number of ether oxygens (including phenoxy) is 1. The van der Waals surface area contributed by atoms with Crippen molar-refractivity contribution in [1.29, 1.82) is 0 Å². The van der Waals surface area contributed by atoms with Crippen LogP contribution in [-0.4, -0.2) is 42.3 Å². The van der Waals surface area contributed by atoms with Crippen molar-refractivity contribution < 1.29 is 27.5 Å². The molecule has 4 rings (SSSR count). The lowest BCUT2D eigenvalue weighted by Gasteiger charge is -2.43. The summed E-state index contributed by atoms with van der Waals surface area (Å²) >= 11 is 0.893. The van der Waals surface area contributed by atoms with Crippen LogP contribution in [0.4, 0.5) is 23.7 Å². The van der Waals surface area contributed by atoms with Gasteiger partial charge in [-0.15, -0.1) is 13.2 Å². The van der Waals surface area contributed by atoms with Crippen LogP contribution in [0.2, 0.25) is 0 Å². The van der Waals surface area contributed by atoms with Gasteiger partial charge < -0.3 is 9.64 Å². The zero-order chi connectivity index (χ0) is 26.6. The third-order valence-electron chi connectivity index (χ3n) is 7.23. The first-order valence-corrected chi connectivity index (χ1v) is 12.8. The third-order valence-corrected chi connectivity index (χ3v) is 8.09. The molecule has 2 amide bonds. The Morgan fingerprint density at radius 2 is 1.64 bits per heavy atom. The van der Waals surface area contributed by atoms with Gasteiger partial charge in [-0.05, 0) is 58.6 Å². The Morgan fingerprint density at radius 1 is 1.03 bits per heavy atom. The number of thioether (sulfide) groups is 1. The van der Waals surface area contributed by atoms with Gasteiger partial charge in [-0.1, -0.05) is 51.6 Å². The molecule has 1 heterocycles. The van der Waals surface area contributed by atoms with Gasteiger partial charge in [0.1, 0.15) is 5.75 Å². The number of nitrogens with zero attached hydrogens (tertiary/aromatic N) is 2. The lowest BCUT2D eigenvalue weighted by molar-refractivity contribution is -0.274. The molecule has 0 radical (unpaired) electrons. The van der Waals surface area contributed by atoms with Gasteiger partial charge in [0.15, 0.2) is 0 Å². The molecule has 5 nitrogen and oxygen atoms in total. The second-order valence-electron chi connectivity index (χ2n) is 10.9. The predicted octanol–water partition coefficient (Wildman–Crippen LogP) is 6.86. The van der Waals surface area contributed by atoms with Gasteiger partial charge in [-0.3, -0.25) is 14.5 Å². The molecule has 0 saturated carbocycles. The number of anilines is 1. The van der Waals surface area contributed by atoms with E-state index in [0.29, 0.717) is 11.1 Å². The standard InChI is InChI=1S/C27H31F3N2O3S/c1-25(2)10-11-26(3,4)19-13-20(31(5)6)17(12-18(19)25)23-16(14-32-22(33)15-36-24(32)34)8-7-9-21(23)35-27(28,29)30/h7-9,12-13H,10-11,14-15H2,1-6H3. The minimum Gasteiger partial charge on any atom is -0.405 e. The van der Waals surface area contributed by atoms with Crippen molar-refractivity contribution in [3.05, 3.63) is 47.0 Å². The first-order valence-electron chi connectivity index (χ1n) is 11.8. The summed E-state index contributed by atoms with van der Waals surface area (Å²) in [5, 5.41) is -0.408. The molecule has 0 unspecified atom stereocenters. The van der Waals surface area contributed by atoms with Gasteiger partial charge >= 0.3 is 6.36 Å². The number of benzene rings is 2. The number of hydrogen-bond acceptors (Lipinski definition) is 5. The molecule has 0 bridgehead atoms. The van der Waals surface area contributed by atoms with Crippen LogP contribution in [0, 0.1) is 0 Å². The number of hydrogen-bond donors (Lipinski definition) is 0. The molecule has 36 heavy (non-hydrogen) atoms. The fraction of sp³-hybridized carbons (Fsp3) is 0.481. The van der Waals surface area contributed by atoms with E-state index in [1.54, 1.807) is 6.07 Å². The molecule has 194 valence electrons. The number of halogens is 3. The summed E-state index contributed by atoms with van der Waals surface area (Å²) in [6.07, 6.45) is -2.97. The summed E-state index contributed by atoms with van der Waals surface area (Å²) in [7, 11) is 3.70. The smallest absolute Gasteiger partial charge is 0.405 e. The fourth-order valence-electron chi connectivity index (χ4n) is 5.10. The predicted molar refractivity (Wildman–Crippen MR) is 137 cm³/mol. The monoisotopic (exact) mass is 520 g/mol. The van der Waals surface area contributed by atoms with Crippen LogP contribution in [0.1, 0.15) is 57.2 Å². The maximum Gasteiger partial charge on any atom is 0.573 e. The van der Waals surface area contributed by atoms with Gasteiger partial charge in [0.25, 0.3) is 5.24 Å². The summed E-state index contributed by atoms with van der Waals surface area (Å²) in [5.41, 5.74) is 3.94. The van der Waals surface area contributed by atoms with E-state index in [1.807, 2.05) is 25.1 Å². The van der Waals surface area contributed by atoms with E-state index >= 15 is 0 Å². The number of alkyl halides is 3. The molecule has 0 aromatic heterocycles. The van der Waals surface area contributed by atoms with Crippen LogP contribution >= 0.6 is 11.8 Å². The van der Waals surface area contributed by atoms with Gasteiger partial charge in [0.2, 0.25) is 5.91 Å². The van der Waals surface area contributed by atoms with Crippen molar-refractivity contribution in [2.75, 3.05) is 24.7 Å². The van der Waals surface area contributed by atoms with Crippen LogP contribution in [0.3, 0.4) is 0 Å². The number of carbonyl (C=O) groups excluding carboxylic acids is 2. The van der Waals surface area contributed by atoms with Crippen molar-refractivity contribution in [3.63, 3.8) is 0 Å². The molecule has 2 aromatic rings. The van der Waals surface area contributed by atoms with Gasteiger partial charge in [-0.2, -0.15) is 0 Å². The molecule has 9 heteroatoms. The Labute approximate surface area is 214 Å². The topological polar surface area (TPSA) is 49.9 Å². The highest BCUT2D eigenvalue weighted by molar-refractivity contribution is 8.14. The average Bonchev–Trinajstić information content (AvgIpc) is 3.07. The van der Waals surface area contributed by atoms with E-state index in [-0.39, 0.29) is 40.3 Å². The van der Waals surface area contributed by atoms with E-state index in [4.69, 9.17) is 0 Å². The number of rotatable bonds is 5. The Kier molecular flexibility index (Phi) is 6.60. The number of carbonyl (C=O) groups is 2. The van der Waals surface area contributed by atoms with Crippen molar-refractivity contribution in [1.82, 2.24) is 4.90 Å². The van der Waals surface area contributed by atoms with E-state index < -0.39 is 11.6 Å². The molecule has 2 aliphatic rings. The summed E-state index contributed by atoms with van der Waals surface area (Å²) in [4.78, 5) is 27.6. The molecule has 0 N–H and O–H groups in total. The van der Waals surface area contributed by atoms with E-state index in [1.165, 1.54) is 17.7 Å². The Bertz CT molecular complexity index is 1210. The summed E-state index contributed by atoms with van der Waals surface area (Å²) in [5.74, 6) is -0.695. The minimum absolute atomic E-state index is 0.0258. The maximum absolute atomic E-state index is 13.5. The maximum atomic E-state index is 13.5. The van der Waals surface area contributed by atoms with Crippen molar-refractivity contribution in [2.24, 2.45) is 0 Å². The SMILES string of the molecule is CN(C)c1cc2c(cc1-c1c(CN3C(=O)CSC3=O)cccc1OC(F)(F)F)C(C)(C)CCC2(C)C. The molecule has 1 aliphatic heterocycles. The van der Waals surface area contributed by atoms with Crippen LogP contribution in [0.5, 0.6) is 5.75 Å². The molecule has 1 aliphatic carbocycles. The molecule has 2 aromatic carbocycles. The first-order chi connectivity index (χ1) is 16.6. The summed E-state index contributed by atoms with van der Waals surface area (Å²) in [6.45, 7) is 8.55. The lowest BCUT2D eigenvalue weighted by atomic mass is 9.62. The molecule has 0 spiro atoms. The molecule has 1 saturated heterocycles. The molecule has 1 fully saturated rings.